The standard InChI is InChI=1S/C7H12N4O.ClH/c12-6(5-2-1-3-8-5)7-9-4-10-11-7;/h4-6,8,12H,1-3H2,(H,9,10,11);1H/t5?,6-;/m0./s1. The molecular weight excluding hydrogens is 192 g/mol. The van der Waals surface area contributed by atoms with E-state index in [1.807, 2.05) is 0 Å². The highest BCUT2D eigenvalue weighted by atomic mass is 35.5. The van der Waals surface area contributed by atoms with Gasteiger partial charge in [-0.15, -0.1) is 12.4 Å². The van der Waals surface area contributed by atoms with E-state index in [0.29, 0.717) is 5.82 Å². The van der Waals surface area contributed by atoms with Crippen LogP contribution in [0.3, 0.4) is 0 Å². The average molecular weight is 205 g/mol. The summed E-state index contributed by atoms with van der Waals surface area (Å²) >= 11 is 0. The van der Waals surface area contributed by atoms with Crippen LogP contribution in [0.2, 0.25) is 0 Å². The van der Waals surface area contributed by atoms with Gasteiger partial charge in [-0.1, -0.05) is 0 Å². The number of rotatable bonds is 2. The Balaban J connectivity index is 0.000000845. The van der Waals surface area contributed by atoms with Crippen molar-refractivity contribution in [1.29, 1.82) is 0 Å². The number of hydrogen-bond acceptors (Lipinski definition) is 4. The summed E-state index contributed by atoms with van der Waals surface area (Å²) in [4.78, 5) is 3.90. The maximum Gasteiger partial charge on any atom is 0.154 e. The third kappa shape index (κ3) is 2.18. The molecule has 0 bridgehead atoms. The molecule has 0 saturated carbocycles. The molecule has 1 aliphatic rings. The predicted molar refractivity (Wildman–Crippen MR) is 49.6 cm³/mol. The Bertz CT molecular complexity index is 235. The number of aliphatic hydroxyl groups is 1. The minimum absolute atomic E-state index is 0. The summed E-state index contributed by atoms with van der Waals surface area (Å²) < 4.78 is 0. The fourth-order valence-corrected chi connectivity index (χ4v) is 1.53. The zero-order valence-corrected chi connectivity index (χ0v) is 7.92. The van der Waals surface area contributed by atoms with Crippen LogP contribution in [0.5, 0.6) is 0 Å². The molecule has 0 aliphatic carbocycles. The van der Waals surface area contributed by atoms with E-state index in [-0.39, 0.29) is 18.4 Å². The molecule has 1 unspecified atom stereocenters. The molecule has 0 amide bonds. The van der Waals surface area contributed by atoms with E-state index in [1.165, 1.54) is 6.33 Å². The van der Waals surface area contributed by atoms with Gasteiger partial charge in [0.15, 0.2) is 5.82 Å². The van der Waals surface area contributed by atoms with Gasteiger partial charge in [-0.25, -0.2) is 4.98 Å². The van der Waals surface area contributed by atoms with Crippen molar-refractivity contribution >= 4 is 12.4 Å². The molecule has 0 radical (unpaired) electrons. The maximum atomic E-state index is 9.71. The van der Waals surface area contributed by atoms with Crippen molar-refractivity contribution in [2.75, 3.05) is 6.54 Å². The number of hydrogen-bond donors (Lipinski definition) is 3. The fourth-order valence-electron chi connectivity index (χ4n) is 1.53. The molecule has 1 aliphatic heterocycles. The molecule has 74 valence electrons. The zero-order valence-electron chi connectivity index (χ0n) is 7.10. The van der Waals surface area contributed by atoms with Crippen LogP contribution < -0.4 is 5.32 Å². The Labute approximate surface area is 82.4 Å². The normalized spacial score (nSPS) is 23.9. The predicted octanol–water partition coefficient (Wildman–Crippen LogP) is 0.0119. The molecule has 3 N–H and O–H groups in total. The van der Waals surface area contributed by atoms with Crippen LogP contribution in [0.4, 0.5) is 0 Å². The molecule has 1 aromatic rings. The molecule has 1 fully saturated rings. The second-order valence-corrected chi connectivity index (χ2v) is 3.02. The lowest BCUT2D eigenvalue weighted by molar-refractivity contribution is 0.129. The summed E-state index contributed by atoms with van der Waals surface area (Å²) in [6.45, 7) is 0.982. The topological polar surface area (TPSA) is 73.8 Å². The van der Waals surface area contributed by atoms with E-state index in [9.17, 15) is 5.11 Å². The van der Waals surface area contributed by atoms with Crippen LogP contribution in [-0.4, -0.2) is 32.9 Å². The van der Waals surface area contributed by atoms with Crippen molar-refractivity contribution in [3.63, 3.8) is 0 Å². The molecule has 2 heterocycles. The third-order valence-corrected chi connectivity index (χ3v) is 2.19. The number of H-pyrrole nitrogens is 1. The second kappa shape index (κ2) is 4.55. The molecule has 0 spiro atoms. The van der Waals surface area contributed by atoms with Crippen LogP contribution in [0.25, 0.3) is 0 Å². The van der Waals surface area contributed by atoms with Crippen molar-refractivity contribution in [3.05, 3.63) is 12.2 Å². The van der Waals surface area contributed by atoms with Gasteiger partial charge in [-0.3, -0.25) is 5.10 Å². The molecule has 5 nitrogen and oxygen atoms in total. The Morgan fingerprint density at radius 1 is 1.62 bits per heavy atom. The van der Waals surface area contributed by atoms with Gasteiger partial charge in [0.2, 0.25) is 0 Å². The highest BCUT2D eigenvalue weighted by molar-refractivity contribution is 5.85. The zero-order chi connectivity index (χ0) is 8.39. The number of aromatic amines is 1. The first-order valence-electron chi connectivity index (χ1n) is 4.14. The second-order valence-electron chi connectivity index (χ2n) is 3.02. The number of halogens is 1. The van der Waals surface area contributed by atoms with Crippen LogP contribution in [0, 0.1) is 0 Å². The number of nitrogens with zero attached hydrogens (tertiary/aromatic N) is 2. The average Bonchev–Trinajstić information content (AvgIpc) is 2.77. The van der Waals surface area contributed by atoms with Crippen LogP contribution in [0.15, 0.2) is 6.33 Å². The summed E-state index contributed by atoms with van der Waals surface area (Å²) in [5.41, 5.74) is 0. The minimum Gasteiger partial charge on any atom is -0.383 e. The monoisotopic (exact) mass is 204 g/mol. The molecule has 2 rings (SSSR count). The smallest absolute Gasteiger partial charge is 0.154 e. The van der Waals surface area contributed by atoms with E-state index in [4.69, 9.17) is 0 Å². The SMILES string of the molecule is Cl.O[C@H](c1ncn[nH]1)C1CCCN1. The van der Waals surface area contributed by atoms with E-state index < -0.39 is 6.10 Å². The lowest BCUT2D eigenvalue weighted by Crippen LogP contribution is -2.29. The van der Waals surface area contributed by atoms with Gasteiger partial charge in [0.1, 0.15) is 12.4 Å². The largest absolute Gasteiger partial charge is 0.383 e. The van der Waals surface area contributed by atoms with Gasteiger partial charge in [-0.05, 0) is 19.4 Å². The summed E-state index contributed by atoms with van der Waals surface area (Å²) in [5.74, 6) is 0.550. The van der Waals surface area contributed by atoms with E-state index in [2.05, 4.69) is 20.5 Å². The Morgan fingerprint density at radius 2 is 2.46 bits per heavy atom. The Hall–Kier alpha value is -0.650. The van der Waals surface area contributed by atoms with Gasteiger partial charge in [-0.2, -0.15) is 5.10 Å². The highest BCUT2D eigenvalue weighted by Gasteiger charge is 2.25. The third-order valence-electron chi connectivity index (χ3n) is 2.19. The molecule has 13 heavy (non-hydrogen) atoms. The Morgan fingerprint density at radius 3 is 3.00 bits per heavy atom. The van der Waals surface area contributed by atoms with Crippen LogP contribution in [0.1, 0.15) is 24.8 Å². The van der Waals surface area contributed by atoms with Crippen molar-refractivity contribution in [2.24, 2.45) is 0 Å². The van der Waals surface area contributed by atoms with Gasteiger partial charge in [0.05, 0.1) is 0 Å². The van der Waals surface area contributed by atoms with Crippen molar-refractivity contribution in [3.8, 4) is 0 Å². The molecular formula is C7H13ClN4O. The van der Waals surface area contributed by atoms with Gasteiger partial charge < -0.3 is 10.4 Å². The number of nitrogens with one attached hydrogen (secondary N) is 2. The lowest BCUT2D eigenvalue weighted by Gasteiger charge is -2.14. The molecule has 6 heteroatoms. The molecule has 1 saturated heterocycles. The molecule has 0 aromatic carbocycles. The van der Waals surface area contributed by atoms with Crippen LogP contribution >= 0.6 is 12.4 Å². The van der Waals surface area contributed by atoms with E-state index in [0.717, 1.165) is 19.4 Å². The summed E-state index contributed by atoms with van der Waals surface area (Å²) in [5, 5.41) is 19.3. The summed E-state index contributed by atoms with van der Waals surface area (Å²) in [7, 11) is 0. The van der Waals surface area contributed by atoms with E-state index in [1.54, 1.807) is 0 Å². The fraction of sp³-hybridized carbons (Fsp3) is 0.714. The van der Waals surface area contributed by atoms with Gasteiger partial charge >= 0.3 is 0 Å². The summed E-state index contributed by atoms with van der Waals surface area (Å²) in [6, 6.07) is 0.137. The highest BCUT2D eigenvalue weighted by Crippen LogP contribution is 2.18. The first-order valence-corrected chi connectivity index (χ1v) is 4.14. The van der Waals surface area contributed by atoms with Gasteiger partial charge in [0.25, 0.3) is 0 Å². The van der Waals surface area contributed by atoms with Gasteiger partial charge in [0, 0.05) is 6.04 Å². The van der Waals surface area contributed by atoms with Crippen LogP contribution in [-0.2, 0) is 0 Å². The number of aliphatic hydroxyl groups excluding tert-OH is 1. The van der Waals surface area contributed by atoms with Crippen molar-refractivity contribution in [2.45, 2.75) is 25.0 Å². The lowest BCUT2D eigenvalue weighted by atomic mass is 10.1. The van der Waals surface area contributed by atoms with E-state index >= 15 is 0 Å². The Kier molecular flexibility index (Phi) is 3.65. The van der Waals surface area contributed by atoms with Crippen molar-refractivity contribution < 1.29 is 5.11 Å². The number of aromatic nitrogens is 3. The summed E-state index contributed by atoms with van der Waals surface area (Å²) in [6.07, 6.45) is 2.99. The minimum atomic E-state index is -0.546. The molecule has 2 atom stereocenters. The quantitative estimate of drug-likeness (QED) is 0.635. The van der Waals surface area contributed by atoms with Crippen molar-refractivity contribution in [1.82, 2.24) is 20.5 Å². The first-order chi connectivity index (χ1) is 5.88. The molecule has 1 aromatic heterocycles. The first kappa shape index (κ1) is 10.4. The maximum absolute atomic E-state index is 9.71.